The molecule has 0 unspecified atom stereocenters. The summed E-state index contributed by atoms with van der Waals surface area (Å²) in [5.41, 5.74) is 0. The zero-order valence-electron chi connectivity index (χ0n) is 9.17. The van der Waals surface area contributed by atoms with E-state index in [1.54, 1.807) is 7.05 Å². The average molecular weight is 211 g/mol. The maximum atomic E-state index is 9.17. The fourth-order valence-electron chi connectivity index (χ4n) is 1.98. The topological polar surface area (TPSA) is 67.1 Å². The van der Waals surface area contributed by atoms with E-state index in [1.807, 2.05) is 7.05 Å². The first-order valence-electron chi connectivity index (χ1n) is 5.23. The van der Waals surface area contributed by atoms with Crippen LogP contribution in [0.5, 0.6) is 0 Å². The van der Waals surface area contributed by atoms with Gasteiger partial charge in [0, 0.05) is 6.54 Å². The highest BCUT2D eigenvalue weighted by Gasteiger charge is 2.27. The van der Waals surface area contributed by atoms with Gasteiger partial charge in [-0.05, 0) is 31.0 Å². The third kappa shape index (κ3) is 2.73. The summed E-state index contributed by atoms with van der Waals surface area (Å²) in [5, 5.41) is 21.0. The van der Waals surface area contributed by atoms with Crippen molar-refractivity contribution in [2.45, 2.75) is 25.5 Å². The number of rotatable bonds is 4. The Bertz CT molecular complexity index is 320. The Morgan fingerprint density at radius 1 is 1.53 bits per heavy atom. The molecule has 1 fully saturated rings. The molecule has 6 heteroatoms. The molecule has 1 aliphatic rings. The van der Waals surface area contributed by atoms with Crippen LogP contribution in [0.15, 0.2) is 0 Å². The molecule has 1 aromatic heterocycles. The second kappa shape index (κ2) is 4.24. The molecule has 1 heterocycles. The molecule has 0 bridgehead atoms. The lowest BCUT2D eigenvalue weighted by molar-refractivity contribution is 0.0270. The van der Waals surface area contributed by atoms with Gasteiger partial charge in [0.05, 0.1) is 19.7 Å². The van der Waals surface area contributed by atoms with E-state index in [1.165, 1.54) is 4.80 Å². The van der Waals surface area contributed by atoms with Crippen LogP contribution in [-0.2, 0) is 13.6 Å². The number of hydrogen-bond acceptors (Lipinski definition) is 5. The van der Waals surface area contributed by atoms with Gasteiger partial charge in [-0.1, -0.05) is 0 Å². The summed E-state index contributed by atoms with van der Waals surface area (Å²) in [6.45, 7) is 1.72. The summed E-state index contributed by atoms with van der Waals surface area (Å²) >= 11 is 0. The lowest BCUT2D eigenvalue weighted by Crippen LogP contribution is -2.36. The Kier molecular flexibility index (Phi) is 2.97. The van der Waals surface area contributed by atoms with E-state index in [-0.39, 0.29) is 6.10 Å². The summed E-state index contributed by atoms with van der Waals surface area (Å²) in [6, 6.07) is 0. The molecular formula is C9H17N5O. The van der Waals surface area contributed by atoms with Gasteiger partial charge in [-0.3, -0.25) is 4.90 Å². The molecule has 0 radical (unpaired) electrons. The van der Waals surface area contributed by atoms with Crippen LogP contribution in [-0.4, -0.2) is 49.9 Å². The van der Waals surface area contributed by atoms with Gasteiger partial charge in [-0.15, -0.1) is 10.2 Å². The maximum Gasteiger partial charge on any atom is 0.188 e. The monoisotopic (exact) mass is 211 g/mol. The minimum Gasteiger partial charge on any atom is -0.393 e. The average Bonchev–Trinajstić information content (AvgIpc) is 2.48. The Hall–Kier alpha value is -1.01. The van der Waals surface area contributed by atoms with Crippen molar-refractivity contribution in [3.05, 3.63) is 5.82 Å². The second-order valence-corrected chi connectivity index (χ2v) is 4.38. The van der Waals surface area contributed by atoms with Crippen molar-refractivity contribution in [1.29, 1.82) is 0 Å². The highest BCUT2D eigenvalue weighted by Crippen LogP contribution is 2.27. The summed E-state index contributed by atoms with van der Waals surface area (Å²) in [4.78, 5) is 3.64. The second-order valence-electron chi connectivity index (χ2n) is 4.38. The van der Waals surface area contributed by atoms with Gasteiger partial charge >= 0.3 is 0 Å². The van der Waals surface area contributed by atoms with Crippen molar-refractivity contribution in [2.24, 2.45) is 13.0 Å². The van der Waals surface area contributed by atoms with E-state index >= 15 is 0 Å². The Balaban J connectivity index is 1.75. The first kappa shape index (κ1) is 10.5. The molecule has 0 aromatic carbocycles. The minimum absolute atomic E-state index is 0.0713. The predicted molar refractivity (Wildman–Crippen MR) is 53.9 cm³/mol. The van der Waals surface area contributed by atoms with Gasteiger partial charge in [-0.2, -0.15) is 4.80 Å². The molecule has 0 atom stereocenters. The van der Waals surface area contributed by atoms with E-state index in [0.717, 1.165) is 31.8 Å². The zero-order chi connectivity index (χ0) is 10.8. The highest BCUT2D eigenvalue weighted by molar-refractivity contribution is 4.82. The molecule has 15 heavy (non-hydrogen) atoms. The molecule has 0 saturated heterocycles. The number of nitrogens with zero attached hydrogens (tertiary/aromatic N) is 5. The van der Waals surface area contributed by atoms with Crippen molar-refractivity contribution in [3.8, 4) is 0 Å². The van der Waals surface area contributed by atoms with Crippen molar-refractivity contribution in [3.63, 3.8) is 0 Å². The third-order valence-corrected chi connectivity index (χ3v) is 2.74. The molecule has 1 saturated carbocycles. The number of aliphatic hydroxyl groups is 1. The van der Waals surface area contributed by atoms with Crippen LogP contribution in [0.3, 0.4) is 0 Å². The lowest BCUT2D eigenvalue weighted by Gasteiger charge is -2.34. The van der Waals surface area contributed by atoms with Crippen LogP contribution < -0.4 is 0 Å². The van der Waals surface area contributed by atoms with Gasteiger partial charge in [0.15, 0.2) is 5.82 Å². The van der Waals surface area contributed by atoms with Gasteiger partial charge in [0.1, 0.15) is 0 Å². The number of aryl methyl sites for hydroxylation is 1. The van der Waals surface area contributed by atoms with Crippen molar-refractivity contribution >= 4 is 0 Å². The summed E-state index contributed by atoms with van der Waals surface area (Å²) in [5.74, 6) is 1.38. The third-order valence-electron chi connectivity index (χ3n) is 2.74. The van der Waals surface area contributed by atoms with Crippen LogP contribution >= 0.6 is 0 Å². The van der Waals surface area contributed by atoms with Crippen molar-refractivity contribution in [1.82, 2.24) is 25.1 Å². The highest BCUT2D eigenvalue weighted by atomic mass is 16.3. The van der Waals surface area contributed by atoms with E-state index in [4.69, 9.17) is 5.11 Å². The summed E-state index contributed by atoms with van der Waals surface area (Å²) in [6.07, 6.45) is 1.79. The molecule has 1 aliphatic carbocycles. The van der Waals surface area contributed by atoms with E-state index in [2.05, 4.69) is 20.3 Å². The summed E-state index contributed by atoms with van der Waals surface area (Å²) in [7, 11) is 3.81. The molecule has 6 nitrogen and oxygen atoms in total. The van der Waals surface area contributed by atoms with Crippen LogP contribution in [0.2, 0.25) is 0 Å². The van der Waals surface area contributed by atoms with E-state index < -0.39 is 0 Å². The molecular weight excluding hydrogens is 194 g/mol. The number of aliphatic hydroxyl groups excluding tert-OH is 1. The first-order valence-corrected chi connectivity index (χ1v) is 5.23. The Morgan fingerprint density at radius 2 is 2.27 bits per heavy atom. The number of tetrazole rings is 1. The smallest absolute Gasteiger partial charge is 0.188 e. The van der Waals surface area contributed by atoms with Crippen LogP contribution in [0, 0.1) is 5.92 Å². The lowest BCUT2D eigenvalue weighted by atomic mass is 9.82. The summed E-state index contributed by atoms with van der Waals surface area (Å²) < 4.78 is 0. The Labute approximate surface area is 88.9 Å². The molecule has 0 amide bonds. The fraction of sp³-hybridized carbons (Fsp3) is 0.889. The first-order chi connectivity index (χ1) is 7.13. The van der Waals surface area contributed by atoms with Gasteiger partial charge in [0.25, 0.3) is 0 Å². The zero-order valence-corrected chi connectivity index (χ0v) is 9.17. The van der Waals surface area contributed by atoms with Crippen LogP contribution in [0.25, 0.3) is 0 Å². The van der Waals surface area contributed by atoms with E-state index in [9.17, 15) is 0 Å². The Morgan fingerprint density at radius 3 is 2.80 bits per heavy atom. The number of aromatic nitrogens is 4. The van der Waals surface area contributed by atoms with Gasteiger partial charge in [0.2, 0.25) is 0 Å². The molecule has 1 aromatic rings. The van der Waals surface area contributed by atoms with Crippen LogP contribution in [0.1, 0.15) is 18.7 Å². The van der Waals surface area contributed by atoms with Crippen molar-refractivity contribution < 1.29 is 5.11 Å². The number of hydrogen-bond donors (Lipinski definition) is 1. The molecule has 0 spiro atoms. The molecule has 2 rings (SSSR count). The molecule has 0 aliphatic heterocycles. The van der Waals surface area contributed by atoms with Gasteiger partial charge < -0.3 is 5.11 Å². The largest absolute Gasteiger partial charge is 0.393 e. The van der Waals surface area contributed by atoms with Crippen molar-refractivity contribution in [2.75, 3.05) is 13.6 Å². The van der Waals surface area contributed by atoms with Gasteiger partial charge in [-0.25, -0.2) is 0 Å². The minimum atomic E-state index is -0.0713. The molecule has 1 N–H and O–H groups in total. The predicted octanol–water partition coefficient (Wildman–Crippen LogP) is -0.587. The van der Waals surface area contributed by atoms with Crippen LogP contribution in [0.4, 0.5) is 0 Å². The fourth-order valence-corrected chi connectivity index (χ4v) is 1.98. The maximum absolute atomic E-state index is 9.17. The quantitative estimate of drug-likeness (QED) is 0.721. The van der Waals surface area contributed by atoms with E-state index in [0.29, 0.717) is 5.92 Å². The molecule has 84 valence electrons. The standard InChI is InChI=1S/C9H17N5O/c1-13(5-7-3-8(15)4-7)6-9-10-12-14(2)11-9/h7-8,15H,3-6H2,1-2H3. The normalized spacial score (nSPS) is 25.6. The SMILES string of the molecule is CN(Cc1nnn(C)n1)CC1CC(O)C1.